The molecule has 1 fully saturated rings. The maximum Gasteiger partial charge on any atom is 0.187 e. The van der Waals surface area contributed by atoms with Gasteiger partial charge in [-0.25, -0.2) is 9.67 Å². The Balaban J connectivity index is 1.65. The van der Waals surface area contributed by atoms with E-state index in [9.17, 15) is 0 Å². The Hall–Kier alpha value is -1.14. The van der Waals surface area contributed by atoms with Gasteiger partial charge in [-0.1, -0.05) is 11.3 Å². The van der Waals surface area contributed by atoms with Crippen molar-refractivity contribution in [1.82, 2.24) is 14.8 Å². The Morgan fingerprint density at radius 2 is 2.30 bits per heavy atom. The number of aryl methyl sites for hydroxylation is 2. The number of hydrogen-bond donors (Lipinski definition) is 0. The molecule has 1 unspecified atom stereocenters. The first-order valence-corrected chi connectivity index (χ1v) is 8.09. The number of hydrogen-bond acceptors (Lipinski definition) is 5. The minimum absolute atomic E-state index is 0.434. The van der Waals surface area contributed by atoms with Gasteiger partial charge in [-0.05, 0) is 32.6 Å². The lowest BCUT2D eigenvalue weighted by atomic mass is 10.1. The molecule has 20 heavy (non-hydrogen) atoms. The van der Waals surface area contributed by atoms with Crippen LogP contribution in [0.25, 0.3) is 10.3 Å². The monoisotopic (exact) mass is 294 g/mol. The first-order chi connectivity index (χ1) is 9.65. The third-order valence-corrected chi connectivity index (χ3v) is 5.19. The zero-order valence-electron chi connectivity index (χ0n) is 12.4. The summed E-state index contributed by atoms with van der Waals surface area (Å²) in [4.78, 5) is 6.94. The zero-order valence-corrected chi connectivity index (χ0v) is 13.2. The van der Waals surface area contributed by atoms with Crippen LogP contribution in [0.3, 0.4) is 0 Å². The van der Waals surface area contributed by atoms with Crippen molar-refractivity contribution in [3.63, 3.8) is 0 Å². The van der Waals surface area contributed by atoms with Crippen molar-refractivity contribution < 1.29 is 4.74 Å². The molecule has 3 rings (SSSR count). The minimum atomic E-state index is 0.434. The van der Waals surface area contributed by atoms with Crippen LogP contribution >= 0.6 is 11.3 Å². The van der Waals surface area contributed by atoms with Crippen LogP contribution in [0.5, 0.6) is 0 Å². The van der Waals surface area contributed by atoms with Crippen molar-refractivity contribution in [1.29, 1.82) is 0 Å². The zero-order chi connectivity index (χ0) is 14.1. The third kappa shape index (κ3) is 2.67. The smallest absolute Gasteiger partial charge is 0.187 e. The molecule has 0 aromatic carbocycles. The van der Waals surface area contributed by atoms with Gasteiger partial charge in [-0.3, -0.25) is 0 Å². The molecular weight excluding hydrogens is 272 g/mol. The van der Waals surface area contributed by atoms with E-state index in [4.69, 9.17) is 9.72 Å². The second kappa shape index (κ2) is 5.69. The number of anilines is 1. The molecule has 110 valence electrons. The van der Waals surface area contributed by atoms with Gasteiger partial charge in [0.1, 0.15) is 0 Å². The maximum atomic E-state index is 5.79. The summed E-state index contributed by atoms with van der Waals surface area (Å²) >= 11 is 1.73. The molecule has 0 spiro atoms. The first-order valence-electron chi connectivity index (χ1n) is 7.28. The third-order valence-electron chi connectivity index (χ3n) is 3.92. The van der Waals surface area contributed by atoms with Crippen LogP contribution in [0.1, 0.15) is 31.4 Å². The van der Waals surface area contributed by atoms with Gasteiger partial charge in [0.2, 0.25) is 0 Å². The van der Waals surface area contributed by atoms with Crippen LogP contribution in [0.15, 0.2) is 0 Å². The molecule has 0 bridgehead atoms. The molecular formula is C14H22N4OS. The van der Waals surface area contributed by atoms with Crippen LogP contribution in [0.2, 0.25) is 0 Å². The van der Waals surface area contributed by atoms with E-state index in [2.05, 4.69) is 17.0 Å². The fourth-order valence-corrected chi connectivity index (χ4v) is 3.72. The number of nitrogens with zero attached hydrogens (tertiary/aromatic N) is 4. The van der Waals surface area contributed by atoms with Crippen molar-refractivity contribution in [2.45, 2.75) is 38.7 Å². The largest absolute Gasteiger partial charge is 0.378 e. The highest BCUT2D eigenvalue weighted by Gasteiger charge is 2.17. The van der Waals surface area contributed by atoms with Gasteiger partial charge in [-0.2, -0.15) is 5.10 Å². The summed E-state index contributed by atoms with van der Waals surface area (Å²) < 4.78 is 8.85. The van der Waals surface area contributed by atoms with Crippen LogP contribution in [-0.2, 0) is 11.8 Å². The van der Waals surface area contributed by atoms with Gasteiger partial charge in [0.15, 0.2) is 10.8 Å². The van der Waals surface area contributed by atoms with Gasteiger partial charge in [0.05, 0.1) is 16.5 Å². The van der Waals surface area contributed by atoms with E-state index in [-0.39, 0.29) is 0 Å². The average molecular weight is 294 g/mol. The number of fused-ring (bicyclic) bond motifs is 1. The van der Waals surface area contributed by atoms with Crippen molar-refractivity contribution >= 4 is 26.8 Å². The van der Waals surface area contributed by atoms with E-state index in [1.165, 1.54) is 24.0 Å². The second-order valence-corrected chi connectivity index (χ2v) is 6.53. The lowest BCUT2D eigenvalue weighted by Crippen LogP contribution is -2.26. The van der Waals surface area contributed by atoms with Gasteiger partial charge in [-0.15, -0.1) is 0 Å². The lowest BCUT2D eigenvalue weighted by molar-refractivity contribution is 0.0127. The standard InChI is InChI=1S/C14H22N4OS/c1-10-12-13(18(3)16-10)15-14(20-12)17(2)8-7-11-6-4-5-9-19-11/h11H,4-9H2,1-3H3. The summed E-state index contributed by atoms with van der Waals surface area (Å²) in [5.41, 5.74) is 2.05. The predicted octanol–water partition coefficient (Wildman–Crippen LogP) is 2.73. The van der Waals surface area contributed by atoms with Crippen molar-refractivity contribution in [3.8, 4) is 0 Å². The second-order valence-electron chi connectivity index (χ2n) is 5.56. The molecule has 2 aromatic rings. The quantitative estimate of drug-likeness (QED) is 0.869. The van der Waals surface area contributed by atoms with Crippen LogP contribution < -0.4 is 4.90 Å². The average Bonchev–Trinajstić information content (AvgIpc) is 3.00. The van der Waals surface area contributed by atoms with Crippen LogP contribution in [0.4, 0.5) is 5.13 Å². The van der Waals surface area contributed by atoms with Gasteiger partial charge in [0.25, 0.3) is 0 Å². The van der Waals surface area contributed by atoms with Gasteiger partial charge in [0, 0.05) is 27.2 Å². The molecule has 0 saturated carbocycles. The Bertz CT molecular complexity index is 551. The van der Waals surface area contributed by atoms with Gasteiger partial charge >= 0.3 is 0 Å². The summed E-state index contributed by atoms with van der Waals surface area (Å²) in [5.74, 6) is 0. The van der Waals surface area contributed by atoms with Crippen molar-refractivity contribution in [2.24, 2.45) is 7.05 Å². The van der Waals surface area contributed by atoms with E-state index < -0.39 is 0 Å². The normalized spacial score (nSPS) is 19.6. The first kappa shape index (κ1) is 13.8. The molecule has 1 atom stereocenters. The van der Waals surface area contributed by atoms with Gasteiger partial charge < -0.3 is 9.64 Å². The highest BCUT2D eigenvalue weighted by atomic mass is 32.1. The summed E-state index contributed by atoms with van der Waals surface area (Å²) in [5, 5.41) is 5.47. The van der Waals surface area contributed by atoms with Crippen LogP contribution in [-0.4, -0.2) is 41.1 Å². The molecule has 6 heteroatoms. The summed E-state index contributed by atoms with van der Waals surface area (Å²) in [7, 11) is 4.07. The predicted molar refractivity (Wildman–Crippen MR) is 82.6 cm³/mol. The fourth-order valence-electron chi connectivity index (χ4n) is 2.71. The Labute approximate surface area is 123 Å². The molecule has 5 nitrogen and oxygen atoms in total. The number of aromatic nitrogens is 3. The highest BCUT2D eigenvalue weighted by Crippen LogP contribution is 2.30. The van der Waals surface area contributed by atoms with E-state index >= 15 is 0 Å². The van der Waals surface area contributed by atoms with Crippen molar-refractivity contribution in [2.75, 3.05) is 25.1 Å². The molecule has 3 heterocycles. The topological polar surface area (TPSA) is 43.2 Å². The maximum absolute atomic E-state index is 5.79. The number of rotatable bonds is 4. The summed E-state index contributed by atoms with van der Waals surface area (Å²) in [6, 6.07) is 0. The number of thiazole rings is 1. The lowest BCUT2D eigenvalue weighted by Gasteiger charge is -2.25. The molecule has 0 aliphatic carbocycles. The highest BCUT2D eigenvalue weighted by molar-refractivity contribution is 7.22. The van der Waals surface area contributed by atoms with E-state index in [0.717, 1.165) is 36.0 Å². The molecule has 0 radical (unpaired) electrons. The SMILES string of the molecule is Cc1nn(C)c2nc(N(C)CCC3CCCCO3)sc12. The van der Waals surface area contributed by atoms with E-state index in [1.807, 2.05) is 18.7 Å². The molecule has 0 amide bonds. The Morgan fingerprint density at radius 3 is 3.00 bits per heavy atom. The van der Waals surface area contributed by atoms with Crippen LogP contribution in [0, 0.1) is 6.92 Å². The fraction of sp³-hybridized carbons (Fsp3) is 0.714. The Kier molecular flexibility index (Phi) is 3.94. The summed E-state index contributed by atoms with van der Waals surface area (Å²) in [6.45, 7) is 3.97. The molecule has 1 saturated heterocycles. The van der Waals surface area contributed by atoms with Crippen molar-refractivity contribution in [3.05, 3.63) is 5.69 Å². The Morgan fingerprint density at radius 1 is 1.45 bits per heavy atom. The van der Waals surface area contributed by atoms with E-state index in [0.29, 0.717) is 6.10 Å². The molecule has 2 aromatic heterocycles. The molecule has 1 aliphatic rings. The molecule has 0 N–H and O–H groups in total. The minimum Gasteiger partial charge on any atom is -0.378 e. The molecule has 1 aliphatic heterocycles. The summed E-state index contributed by atoms with van der Waals surface area (Å²) in [6.07, 6.45) is 5.25. The van der Waals surface area contributed by atoms with E-state index in [1.54, 1.807) is 11.3 Å². The number of ether oxygens (including phenoxy) is 1.